The number of hydrogen-bond acceptors (Lipinski definition) is 4. The van der Waals surface area contributed by atoms with Crippen molar-refractivity contribution in [3.63, 3.8) is 0 Å². The summed E-state index contributed by atoms with van der Waals surface area (Å²) in [5.41, 5.74) is 2.02. The van der Waals surface area contributed by atoms with Gasteiger partial charge in [-0.3, -0.25) is 0 Å². The number of benzene rings is 1. The minimum absolute atomic E-state index is 0.296. The Morgan fingerprint density at radius 1 is 1.22 bits per heavy atom. The monoisotopic (exact) mass is 387 g/mol. The van der Waals surface area contributed by atoms with Crippen LogP contribution in [0.4, 0.5) is 18.9 Å². The van der Waals surface area contributed by atoms with Gasteiger partial charge in [0.2, 0.25) is 0 Å². The molecule has 0 amide bonds. The molecule has 1 aromatic heterocycles. The van der Waals surface area contributed by atoms with E-state index in [-0.39, 0.29) is 0 Å². The van der Waals surface area contributed by atoms with Crippen molar-refractivity contribution in [3.05, 3.63) is 47.5 Å². The van der Waals surface area contributed by atoms with Crippen molar-refractivity contribution in [1.29, 1.82) is 0 Å². The zero-order valence-electron chi connectivity index (χ0n) is 14.7. The van der Waals surface area contributed by atoms with Crippen molar-refractivity contribution >= 4 is 17.6 Å². The lowest BCUT2D eigenvalue weighted by atomic mass is 10.1. The van der Waals surface area contributed by atoms with Gasteiger partial charge < -0.3 is 20.1 Å². The van der Waals surface area contributed by atoms with E-state index in [1.807, 2.05) is 19.2 Å². The van der Waals surface area contributed by atoms with Crippen molar-refractivity contribution < 1.29 is 33.0 Å². The van der Waals surface area contributed by atoms with Crippen molar-refractivity contribution in [1.82, 2.24) is 9.55 Å². The Balaban J connectivity index is 0.000000445. The van der Waals surface area contributed by atoms with Crippen LogP contribution >= 0.6 is 0 Å². The predicted octanol–water partition coefficient (Wildman–Crippen LogP) is 3.55. The van der Waals surface area contributed by atoms with Gasteiger partial charge in [-0.25, -0.2) is 14.6 Å². The fourth-order valence-corrected chi connectivity index (χ4v) is 2.14. The normalized spacial score (nSPS) is 10.7. The molecule has 0 radical (unpaired) electrons. The maximum absolute atomic E-state index is 11.0. The lowest BCUT2D eigenvalue weighted by Crippen LogP contribution is -2.21. The van der Waals surface area contributed by atoms with E-state index >= 15 is 0 Å². The Morgan fingerprint density at radius 2 is 1.85 bits per heavy atom. The number of alkyl halides is 3. The number of carboxylic acids is 2. The average molecular weight is 387 g/mol. The summed E-state index contributed by atoms with van der Waals surface area (Å²) in [6.45, 7) is 5.52. The van der Waals surface area contributed by atoms with E-state index in [1.165, 1.54) is 0 Å². The molecule has 0 unspecified atom stereocenters. The van der Waals surface area contributed by atoms with Crippen LogP contribution in [0.15, 0.2) is 30.6 Å². The van der Waals surface area contributed by atoms with Crippen molar-refractivity contribution in [2.45, 2.75) is 39.5 Å². The molecule has 7 nitrogen and oxygen atoms in total. The van der Waals surface area contributed by atoms with Gasteiger partial charge in [0, 0.05) is 24.6 Å². The van der Waals surface area contributed by atoms with E-state index in [0.29, 0.717) is 12.1 Å². The van der Waals surface area contributed by atoms with Crippen molar-refractivity contribution in [2.24, 2.45) is 0 Å². The zero-order valence-corrected chi connectivity index (χ0v) is 14.7. The van der Waals surface area contributed by atoms with Gasteiger partial charge >= 0.3 is 18.1 Å². The second-order valence-electron chi connectivity index (χ2n) is 5.59. The number of hydrogen-bond donors (Lipinski definition) is 3. The summed E-state index contributed by atoms with van der Waals surface area (Å²) in [4.78, 5) is 24.2. The summed E-state index contributed by atoms with van der Waals surface area (Å²) in [7, 11) is 0. The summed E-state index contributed by atoms with van der Waals surface area (Å²) in [5, 5.41) is 19.4. The molecule has 0 atom stereocenters. The highest BCUT2D eigenvalue weighted by Gasteiger charge is 2.38. The molecule has 0 bridgehead atoms. The fraction of sp³-hybridized carbons (Fsp3) is 0.353. The Kier molecular flexibility index (Phi) is 7.82. The first-order valence-corrected chi connectivity index (χ1v) is 7.93. The molecule has 0 saturated heterocycles. The number of carbonyl (C=O) groups is 2. The Morgan fingerprint density at radius 3 is 2.37 bits per heavy atom. The average Bonchev–Trinajstić information content (AvgIpc) is 2.99. The number of anilines is 1. The molecule has 10 heteroatoms. The number of nitrogens with one attached hydrogen (secondary N) is 1. The molecule has 0 spiro atoms. The van der Waals surface area contributed by atoms with E-state index in [4.69, 9.17) is 15.0 Å². The van der Waals surface area contributed by atoms with Crippen LogP contribution in [0.2, 0.25) is 0 Å². The number of aromatic nitrogens is 2. The minimum Gasteiger partial charge on any atom is -0.478 e. The topological polar surface area (TPSA) is 104 Å². The van der Waals surface area contributed by atoms with E-state index in [2.05, 4.69) is 21.8 Å². The summed E-state index contributed by atoms with van der Waals surface area (Å²) < 4.78 is 33.8. The summed E-state index contributed by atoms with van der Waals surface area (Å²) in [5.74, 6) is -2.72. The first-order valence-electron chi connectivity index (χ1n) is 7.93. The van der Waals surface area contributed by atoms with Gasteiger partial charge in [-0.15, -0.1) is 0 Å². The Hall–Kier alpha value is -3.04. The maximum Gasteiger partial charge on any atom is 0.490 e. The van der Waals surface area contributed by atoms with Crippen LogP contribution in [-0.4, -0.2) is 37.9 Å². The van der Waals surface area contributed by atoms with E-state index in [0.717, 1.165) is 30.0 Å². The molecule has 3 N–H and O–H groups in total. The van der Waals surface area contributed by atoms with Gasteiger partial charge in [-0.05, 0) is 37.1 Å². The molecule has 0 aliphatic heterocycles. The molecule has 0 fully saturated rings. The molecular weight excluding hydrogens is 367 g/mol. The van der Waals surface area contributed by atoms with Crippen LogP contribution in [0.25, 0.3) is 0 Å². The number of aliphatic carboxylic acids is 1. The highest BCUT2D eigenvalue weighted by Crippen LogP contribution is 2.16. The third kappa shape index (κ3) is 7.38. The zero-order chi connectivity index (χ0) is 20.6. The Bertz CT molecular complexity index is 788. The molecule has 0 saturated carbocycles. The van der Waals surface area contributed by atoms with Gasteiger partial charge in [-0.1, -0.05) is 6.92 Å². The van der Waals surface area contributed by atoms with E-state index in [1.54, 1.807) is 18.3 Å². The molecule has 2 rings (SSSR count). The Labute approximate surface area is 153 Å². The lowest BCUT2D eigenvalue weighted by Gasteiger charge is -2.10. The number of imidazole rings is 1. The van der Waals surface area contributed by atoms with E-state index in [9.17, 15) is 18.0 Å². The molecular formula is C17H20F3N3O4. The van der Waals surface area contributed by atoms with Gasteiger partial charge in [0.25, 0.3) is 0 Å². The number of aromatic carboxylic acids is 1. The van der Waals surface area contributed by atoms with Crippen LogP contribution in [0.1, 0.15) is 35.1 Å². The minimum atomic E-state index is -5.08. The number of nitrogens with zero attached hydrogens (tertiary/aromatic N) is 2. The molecule has 27 heavy (non-hydrogen) atoms. The second-order valence-corrected chi connectivity index (χ2v) is 5.59. The molecule has 1 aromatic carbocycles. The third-order valence-corrected chi connectivity index (χ3v) is 3.28. The SMILES string of the molecule is CCCn1ccnc1CNc1cc(C)cc(C(=O)O)c1.O=C(O)C(F)(F)F. The van der Waals surface area contributed by atoms with Crippen LogP contribution in [-0.2, 0) is 17.9 Å². The molecule has 0 aliphatic carbocycles. The van der Waals surface area contributed by atoms with Gasteiger partial charge in [-0.2, -0.15) is 13.2 Å². The molecule has 2 aromatic rings. The summed E-state index contributed by atoms with van der Waals surface area (Å²) in [6, 6.07) is 5.23. The quantitative estimate of drug-likeness (QED) is 0.700. The second kappa shape index (κ2) is 9.60. The number of carboxylic acid groups (broad SMARTS) is 2. The molecule has 0 aliphatic rings. The van der Waals surface area contributed by atoms with Gasteiger partial charge in [0.15, 0.2) is 0 Å². The fourth-order valence-electron chi connectivity index (χ4n) is 2.14. The number of rotatable bonds is 6. The maximum atomic E-state index is 11.0. The lowest BCUT2D eigenvalue weighted by molar-refractivity contribution is -0.192. The van der Waals surface area contributed by atoms with Crippen molar-refractivity contribution in [2.75, 3.05) is 5.32 Å². The highest BCUT2D eigenvalue weighted by atomic mass is 19.4. The summed E-state index contributed by atoms with van der Waals surface area (Å²) in [6.07, 6.45) is -0.290. The van der Waals surface area contributed by atoms with Crippen molar-refractivity contribution in [3.8, 4) is 0 Å². The van der Waals surface area contributed by atoms with Crippen LogP contribution in [0.3, 0.4) is 0 Å². The first kappa shape index (κ1) is 22.0. The number of halogens is 3. The smallest absolute Gasteiger partial charge is 0.478 e. The first-order chi connectivity index (χ1) is 12.5. The van der Waals surface area contributed by atoms with Crippen LogP contribution < -0.4 is 5.32 Å². The number of aryl methyl sites for hydroxylation is 2. The molecule has 1 heterocycles. The summed E-state index contributed by atoms with van der Waals surface area (Å²) >= 11 is 0. The largest absolute Gasteiger partial charge is 0.490 e. The predicted molar refractivity (Wildman–Crippen MR) is 91.7 cm³/mol. The third-order valence-electron chi connectivity index (χ3n) is 3.28. The van der Waals surface area contributed by atoms with E-state index < -0.39 is 18.1 Å². The molecule has 148 valence electrons. The van der Waals surface area contributed by atoms with Crippen LogP contribution in [0.5, 0.6) is 0 Å². The standard InChI is InChI=1S/C15H19N3O2.C2HF3O2/c1-3-5-18-6-4-16-14(18)10-17-13-8-11(2)7-12(9-13)15(19)20;3-2(4,5)1(6)7/h4,6-9,17H,3,5,10H2,1-2H3,(H,19,20);(H,6,7). The van der Waals surface area contributed by atoms with Gasteiger partial charge in [0.05, 0.1) is 12.1 Å². The highest BCUT2D eigenvalue weighted by molar-refractivity contribution is 5.89. The van der Waals surface area contributed by atoms with Gasteiger partial charge in [0.1, 0.15) is 5.82 Å². The van der Waals surface area contributed by atoms with Crippen LogP contribution in [0, 0.1) is 6.92 Å².